The summed E-state index contributed by atoms with van der Waals surface area (Å²) in [5.74, 6) is 7.53. The maximum atomic E-state index is 14.0. The van der Waals surface area contributed by atoms with Crippen molar-refractivity contribution in [3.05, 3.63) is 82.4 Å². The molecule has 0 atom stereocenters. The van der Waals surface area contributed by atoms with E-state index in [0.29, 0.717) is 11.1 Å². The van der Waals surface area contributed by atoms with Crippen LogP contribution < -0.4 is 0 Å². The fourth-order valence-corrected chi connectivity index (χ4v) is 3.19. The van der Waals surface area contributed by atoms with Crippen LogP contribution in [0, 0.1) is 23.7 Å². The van der Waals surface area contributed by atoms with Gasteiger partial charge in [-0.2, -0.15) is 8.78 Å². The van der Waals surface area contributed by atoms with Crippen LogP contribution in [-0.2, 0) is 12.8 Å². The molecule has 0 unspecified atom stereocenters. The lowest BCUT2D eigenvalue weighted by molar-refractivity contribution is 0.584. The van der Waals surface area contributed by atoms with E-state index in [0.717, 1.165) is 25.7 Å². The summed E-state index contributed by atoms with van der Waals surface area (Å²) in [6.45, 7) is 4.36. The molecule has 0 fully saturated rings. The van der Waals surface area contributed by atoms with Crippen LogP contribution in [0.2, 0.25) is 0 Å². The minimum absolute atomic E-state index is 0.654. The summed E-state index contributed by atoms with van der Waals surface area (Å²) >= 11 is 0. The zero-order valence-electron chi connectivity index (χ0n) is 18.7. The summed E-state index contributed by atoms with van der Waals surface area (Å²) in [6, 6.07) is 15.3. The molecule has 0 aromatic heterocycles. The Kier molecular flexibility index (Phi) is 11.2. The van der Waals surface area contributed by atoms with Crippen molar-refractivity contribution in [3.63, 3.8) is 0 Å². The number of hydrogen-bond donors (Lipinski definition) is 0. The number of unbranched alkanes of at least 4 members (excludes halogenated alkanes) is 5. The second-order valence-electron chi connectivity index (χ2n) is 7.79. The zero-order valence-corrected chi connectivity index (χ0v) is 18.7. The van der Waals surface area contributed by atoms with Gasteiger partial charge in [0.05, 0.1) is 0 Å². The molecule has 0 spiro atoms. The molecule has 0 bridgehead atoms. The summed E-state index contributed by atoms with van der Waals surface area (Å²) in [5, 5.41) is 0. The summed E-state index contributed by atoms with van der Waals surface area (Å²) in [5.41, 5.74) is 3.79. The first-order chi connectivity index (χ1) is 15.1. The third-order valence-electron chi connectivity index (χ3n) is 5.12. The van der Waals surface area contributed by atoms with Crippen molar-refractivity contribution in [1.29, 1.82) is 0 Å². The van der Waals surface area contributed by atoms with Gasteiger partial charge in [0.2, 0.25) is 11.7 Å². The van der Waals surface area contributed by atoms with Crippen LogP contribution in [0.1, 0.15) is 81.0 Å². The molecule has 162 valence electrons. The molecule has 0 saturated heterocycles. The number of rotatable bonds is 9. The van der Waals surface area contributed by atoms with Gasteiger partial charge in [-0.15, -0.1) is 0 Å². The molecule has 2 rings (SSSR count). The highest BCUT2D eigenvalue weighted by molar-refractivity contribution is 5.45. The predicted octanol–water partition coefficient (Wildman–Crippen LogP) is 8.10. The molecule has 31 heavy (non-hydrogen) atoms. The number of benzene rings is 2. The van der Waals surface area contributed by atoms with Crippen LogP contribution in [0.5, 0.6) is 0 Å². The first-order valence-corrected chi connectivity index (χ1v) is 11.4. The molecule has 2 aromatic rings. The molecule has 0 saturated carbocycles. The van der Waals surface area contributed by atoms with Gasteiger partial charge < -0.3 is 0 Å². The molecule has 2 heteroatoms. The van der Waals surface area contributed by atoms with E-state index in [-0.39, 0.29) is 0 Å². The lowest BCUT2D eigenvalue weighted by Gasteiger charge is -2.01. The minimum Gasteiger partial charge on any atom is -0.193 e. The highest BCUT2D eigenvalue weighted by Gasteiger charge is 2.00. The van der Waals surface area contributed by atoms with Crippen LogP contribution in [-0.4, -0.2) is 0 Å². The molecule has 0 radical (unpaired) electrons. The predicted molar refractivity (Wildman–Crippen MR) is 127 cm³/mol. The molecule has 0 amide bonds. The highest BCUT2D eigenvalue weighted by atomic mass is 19.2. The summed E-state index contributed by atoms with van der Waals surface area (Å²) in [6.07, 6.45) is 10.6. The Morgan fingerprint density at radius 1 is 0.581 bits per heavy atom. The third kappa shape index (κ3) is 9.67. The Balaban J connectivity index is 1.92. The van der Waals surface area contributed by atoms with E-state index >= 15 is 0 Å². The first kappa shape index (κ1) is 24.4. The average Bonchev–Trinajstić information content (AvgIpc) is 2.81. The average molecular weight is 419 g/mol. The smallest absolute Gasteiger partial charge is 0.193 e. The molecular formula is C29H32F2. The fourth-order valence-electron chi connectivity index (χ4n) is 3.19. The molecule has 0 N–H and O–H groups in total. The summed E-state index contributed by atoms with van der Waals surface area (Å²) < 4.78 is 27.9. The van der Waals surface area contributed by atoms with E-state index in [2.05, 4.69) is 37.5 Å². The third-order valence-corrected chi connectivity index (χ3v) is 5.12. The summed E-state index contributed by atoms with van der Waals surface area (Å²) in [4.78, 5) is 0. The Morgan fingerprint density at radius 2 is 1.00 bits per heavy atom. The van der Waals surface area contributed by atoms with Gasteiger partial charge in [-0.05, 0) is 72.9 Å². The summed E-state index contributed by atoms with van der Waals surface area (Å²) in [7, 11) is 0. The molecule has 2 aromatic carbocycles. The van der Waals surface area contributed by atoms with Gasteiger partial charge >= 0.3 is 0 Å². The van der Waals surface area contributed by atoms with E-state index in [1.165, 1.54) is 43.2 Å². The Hall–Kier alpha value is -2.84. The van der Waals surface area contributed by atoms with Crippen LogP contribution in [0.4, 0.5) is 8.78 Å². The van der Waals surface area contributed by atoms with Crippen molar-refractivity contribution in [2.24, 2.45) is 0 Å². The van der Waals surface area contributed by atoms with Crippen LogP contribution >= 0.6 is 0 Å². The van der Waals surface area contributed by atoms with E-state index < -0.39 is 11.7 Å². The van der Waals surface area contributed by atoms with Crippen molar-refractivity contribution in [3.8, 4) is 23.7 Å². The molecule has 0 aliphatic carbocycles. The lowest BCUT2D eigenvalue weighted by atomic mass is 10.0. The van der Waals surface area contributed by atoms with Gasteiger partial charge in [0, 0.05) is 11.1 Å². The SMILES string of the molecule is CCCCCCCc1ccc(C#C/C(F)=C(\F)C#Cc2ccc(CCCC)cc2)cc1. The topological polar surface area (TPSA) is 0 Å². The quantitative estimate of drug-likeness (QED) is 0.285. The second-order valence-corrected chi connectivity index (χ2v) is 7.79. The van der Waals surface area contributed by atoms with Gasteiger partial charge in [-0.1, -0.05) is 82.1 Å². The molecule has 0 aliphatic rings. The molecule has 0 nitrogen and oxygen atoms in total. The zero-order chi connectivity index (χ0) is 22.3. The van der Waals surface area contributed by atoms with Gasteiger partial charge in [0.15, 0.2) is 0 Å². The number of halogens is 2. The monoisotopic (exact) mass is 418 g/mol. The highest BCUT2D eigenvalue weighted by Crippen LogP contribution is 2.12. The van der Waals surface area contributed by atoms with E-state index in [1.807, 2.05) is 48.5 Å². The number of hydrogen-bond acceptors (Lipinski definition) is 0. The van der Waals surface area contributed by atoms with Crippen LogP contribution in [0.25, 0.3) is 0 Å². The standard InChI is InChI=1S/C29H32F2/c1-3-5-7-8-9-11-25-14-18-27(19-15-25)21-23-29(31)28(30)22-20-26-16-12-24(13-17-26)10-6-4-2/h12-19H,3-11H2,1-2H3/b29-28+. The van der Waals surface area contributed by atoms with Crippen molar-refractivity contribution in [1.82, 2.24) is 0 Å². The van der Waals surface area contributed by atoms with E-state index in [9.17, 15) is 8.78 Å². The van der Waals surface area contributed by atoms with Gasteiger partial charge in [-0.3, -0.25) is 0 Å². The fraction of sp³-hybridized carbons (Fsp3) is 0.379. The Labute approximate surface area is 186 Å². The van der Waals surface area contributed by atoms with Gasteiger partial charge in [0.1, 0.15) is 0 Å². The lowest BCUT2D eigenvalue weighted by Crippen LogP contribution is -1.86. The normalized spacial score (nSPS) is 11.1. The van der Waals surface area contributed by atoms with E-state index in [4.69, 9.17) is 0 Å². The largest absolute Gasteiger partial charge is 0.217 e. The van der Waals surface area contributed by atoms with Crippen molar-refractivity contribution in [2.45, 2.75) is 71.6 Å². The van der Waals surface area contributed by atoms with Crippen molar-refractivity contribution < 1.29 is 8.78 Å². The second kappa shape index (κ2) is 14.2. The van der Waals surface area contributed by atoms with E-state index in [1.54, 1.807) is 0 Å². The number of allylic oxidation sites excluding steroid dienone is 2. The van der Waals surface area contributed by atoms with Gasteiger partial charge in [-0.25, -0.2) is 0 Å². The number of aryl methyl sites for hydroxylation is 2. The first-order valence-electron chi connectivity index (χ1n) is 11.4. The Morgan fingerprint density at radius 3 is 1.45 bits per heavy atom. The van der Waals surface area contributed by atoms with Crippen LogP contribution in [0.3, 0.4) is 0 Å². The minimum atomic E-state index is -1.13. The van der Waals surface area contributed by atoms with Crippen molar-refractivity contribution in [2.75, 3.05) is 0 Å². The Bertz CT molecular complexity index is 942. The molecular weight excluding hydrogens is 386 g/mol. The molecule has 0 heterocycles. The maximum Gasteiger partial charge on any atom is 0.217 e. The molecule has 0 aliphatic heterocycles. The van der Waals surface area contributed by atoms with Gasteiger partial charge in [0.25, 0.3) is 0 Å². The van der Waals surface area contributed by atoms with Crippen LogP contribution in [0.15, 0.2) is 60.2 Å². The van der Waals surface area contributed by atoms with Crippen molar-refractivity contribution >= 4 is 0 Å². The maximum absolute atomic E-state index is 14.0.